The van der Waals surface area contributed by atoms with Crippen LogP contribution in [0.4, 0.5) is 10.9 Å². The Hall–Kier alpha value is -1.72. The van der Waals surface area contributed by atoms with Crippen LogP contribution in [0.3, 0.4) is 0 Å². The van der Waals surface area contributed by atoms with E-state index in [1.54, 1.807) is 11.3 Å². The van der Waals surface area contributed by atoms with Gasteiger partial charge in [-0.2, -0.15) is 0 Å². The van der Waals surface area contributed by atoms with Gasteiger partial charge in [-0.3, -0.25) is 0 Å². The molecule has 0 saturated heterocycles. The third-order valence-corrected chi connectivity index (χ3v) is 4.33. The van der Waals surface area contributed by atoms with E-state index in [2.05, 4.69) is 43.3 Å². The number of rotatable bonds is 3. The van der Waals surface area contributed by atoms with Crippen molar-refractivity contribution in [1.29, 1.82) is 0 Å². The number of aryl methyl sites for hydroxylation is 1. The molecule has 0 unspecified atom stereocenters. The lowest BCUT2D eigenvalue weighted by Crippen LogP contribution is -1.94. The largest absolute Gasteiger partial charge is 0.315 e. The van der Waals surface area contributed by atoms with Crippen molar-refractivity contribution in [1.82, 2.24) is 9.97 Å². The Kier molecular flexibility index (Phi) is 3.80. The first kappa shape index (κ1) is 13.3. The number of hydrogen-bond donors (Lipinski definition) is 1. The number of nitrogens with zero attached hydrogens (tertiary/aromatic N) is 2. The van der Waals surface area contributed by atoms with Crippen molar-refractivity contribution in [2.75, 3.05) is 5.32 Å². The smallest absolute Gasteiger partial charge is 0.188 e. The summed E-state index contributed by atoms with van der Waals surface area (Å²) in [6, 6.07) is 12.3. The highest BCUT2D eigenvalue weighted by Crippen LogP contribution is 2.31. The maximum atomic E-state index is 4.40. The molecule has 0 aliphatic carbocycles. The molecule has 0 atom stereocenters. The van der Waals surface area contributed by atoms with Gasteiger partial charge in [-0.05, 0) is 40.0 Å². The van der Waals surface area contributed by atoms with Gasteiger partial charge in [-0.1, -0.05) is 41.7 Å². The summed E-state index contributed by atoms with van der Waals surface area (Å²) >= 11 is 5.12. The molecule has 2 heterocycles. The number of pyridine rings is 1. The molecule has 3 nitrogen and oxygen atoms in total. The molecule has 100 valence electrons. The lowest BCUT2D eigenvalue weighted by molar-refractivity contribution is 1.23. The molecule has 0 aliphatic heterocycles. The van der Waals surface area contributed by atoms with Gasteiger partial charge in [0.05, 0.1) is 9.35 Å². The number of aromatic nitrogens is 2. The Balaban J connectivity index is 1.84. The number of halogens is 1. The van der Waals surface area contributed by atoms with Gasteiger partial charge >= 0.3 is 0 Å². The maximum absolute atomic E-state index is 4.40. The molecule has 3 aromatic rings. The monoisotopic (exact) mass is 345 g/mol. The van der Waals surface area contributed by atoms with E-state index >= 15 is 0 Å². The summed E-state index contributed by atoms with van der Waals surface area (Å²) in [7, 11) is 0. The fourth-order valence-corrected chi connectivity index (χ4v) is 3.18. The molecule has 20 heavy (non-hydrogen) atoms. The molecular formula is C15H12BrN3S. The zero-order valence-corrected chi connectivity index (χ0v) is 13.2. The maximum Gasteiger partial charge on any atom is 0.188 e. The summed E-state index contributed by atoms with van der Waals surface area (Å²) in [5.74, 6) is 0.782. The zero-order chi connectivity index (χ0) is 13.9. The summed E-state index contributed by atoms with van der Waals surface area (Å²) in [6.45, 7) is 2.01. The summed E-state index contributed by atoms with van der Waals surface area (Å²) in [4.78, 5) is 9.90. The summed E-state index contributed by atoms with van der Waals surface area (Å²) < 4.78 is 0.939. The van der Waals surface area contributed by atoms with E-state index in [-0.39, 0.29) is 0 Å². The van der Waals surface area contributed by atoms with Crippen molar-refractivity contribution < 1.29 is 0 Å². The second-order valence-electron chi connectivity index (χ2n) is 4.36. The average Bonchev–Trinajstić information content (AvgIpc) is 2.92. The van der Waals surface area contributed by atoms with Crippen LogP contribution in [0.2, 0.25) is 0 Å². The van der Waals surface area contributed by atoms with Crippen molar-refractivity contribution >= 4 is 38.2 Å². The Bertz CT molecular complexity index is 725. The first-order valence-corrected chi connectivity index (χ1v) is 7.74. The number of nitrogens with one attached hydrogen (secondary N) is 1. The van der Waals surface area contributed by atoms with Crippen LogP contribution in [0.25, 0.3) is 10.4 Å². The molecule has 0 saturated carbocycles. The van der Waals surface area contributed by atoms with Crippen molar-refractivity contribution in [3.63, 3.8) is 0 Å². The standard InChI is InChI=1S/C15H12BrN3S/c1-10-7-12(16)14(17-8-10)19-15-18-9-13(20-15)11-5-3-2-4-6-11/h2-9H,1H3,(H,17,18,19). The quantitative estimate of drug-likeness (QED) is 0.724. The molecule has 0 spiro atoms. The van der Waals surface area contributed by atoms with Crippen LogP contribution in [0.15, 0.2) is 53.3 Å². The lowest BCUT2D eigenvalue weighted by Gasteiger charge is -2.04. The summed E-state index contributed by atoms with van der Waals surface area (Å²) in [5, 5.41) is 4.07. The Morgan fingerprint density at radius 2 is 1.90 bits per heavy atom. The van der Waals surface area contributed by atoms with Crippen LogP contribution in [-0.2, 0) is 0 Å². The van der Waals surface area contributed by atoms with E-state index in [1.807, 2.05) is 43.6 Å². The van der Waals surface area contributed by atoms with Gasteiger partial charge in [-0.15, -0.1) is 0 Å². The fourth-order valence-electron chi connectivity index (χ4n) is 1.79. The minimum atomic E-state index is 0.782. The normalized spacial score (nSPS) is 10.5. The number of anilines is 2. The van der Waals surface area contributed by atoms with Crippen molar-refractivity contribution in [3.8, 4) is 10.4 Å². The van der Waals surface area contributed by atoms with Crippen LogP contribution >= 0.6 is 27.3 Å². The van der Waals surface area contributed by atoms with E-state index in [1.165, 1.54) is 5.56 Å². The van der Waals surface area contributed by atoms with Crippen LogP contribution in [0, 0.1) is 6.92 Å². The summed E-state index contributed by atoms with van der Waals surface area (Å²) in [5.41, 5.74) is 2.29. The number of benzene rings is 1. The van der Waals surface area contributed by atoms with Crippen molar-refractivity contribution in [3.05, 3.63) is 58.8 Å². The second-order valence-corrected chi connectivity index (χ2v) is 6.25. The van der Waals surface area contributed by atoms with Crippen LogP contribution in [0.1, 0.15) is 5.56 Å². The van der Waals surface area contributed by atoms with Gasteiger partial charge in [0.2, 0.25) is 0 Å². The van der Waals surface area contributed by atoms with E-state index in [9.17, 15) is 0 Å². The van der Waals surface area contributed by atoms with E-state index in [0.29, 0.717) is 0 Å². The topological polar surface area (TPSA) is 37.8 Å². The van der Waals surface area contributed by atoms with Gasteiger partial charge in [0.25, 0.3) is 0 Å². The predicted molar refractivity (Wildman–Crippen MR) is 87.5 cm³/mol. The first-order chi connectivity index (χ1) is 9.72. The average molecular weight is 346 g/mol. The first-order valence-electron chi connectivity index (χ1n) is 6.13. The van der Waals surface area contributed by atoms with Crippen LogP contribution < -0.4 is 5.32 Å². The van der Waals surface area contributed by atoms with E-state index in [4.69, 9.17) is 0 Å². The van der Waals surface area contributed by atoms with E-state index in [0.717, 1.165) is 25.9 Å². The molecule has 2 aromatic heterocycles. The van der Waals surface area contributed by atoms with Gasteiger partial charge < -0.3 is 5.32 Å². The Morgan fingerprint density at radius 1 is 1.10 bits per heavy atom. The highest BCUT2D eigenvalue weighted by atomic mass is 79.9. The lowest BCUT2D eigenvalue weighted by atomic mass is 10.2. The van der Waals surface area contributed by atoms with Crippen molar-refractivity contribution in [2.45, 2.75) is 6.92 Å². The number of hydrogen-bond acceptors (Lipinski definition) is 4. The molecule has 1 aromatic carbocycles. The minimum absolute atomic E-state index is 0.782. The fraction of sp³-hybridized carbons (Fsp3) is 0.0667. The SMILES string of the molecule is Cc1cnc(Nc2ncc(-c3ccccc3)s2)c(Br)c1. The zero-order valence-electron chi connectivity index (χ0n) is 10.8. The summed E-state index contributed by atoms with van der Waals surface area (Å²) in [6.07, 6.45) is 3.71. The van der Waals surface area contributed by atoms with Crippen molar-refractivity contribution in [2.24, 2.45) is 0 Å². The van der Waals surface area contributed by atoms with E-state index < -0.39 is 0 Å². The van der Waals surface area contributed by atoms with Gasteiger partial charge in [0.1, 0.15) is 5.82 Å². The van der Waals surface area contributed by atoms with Crippen LogP contribution in [0.5, 0.6) is 0 Å². The molecule has 0 aliphatic rings. The predicted octanol–water partition coefficient (Wildman–Crippen LogP) is 5.02. The van der Waals surface area contributed by atoms with Gasteiger partial charge in [-0.25, -0.2) is 9.97 Å². The molecule has 0 bridgehead atoms. The molecule has 0 amide bonds. The second kappa shape index (κ2) is 5.73. The molecule has 0 fully saturated rings. The molecular weight excluding hydrogens is 334 g/mol. The minimum Gasteiger partial charge on any atom is -0.315 e. The highest BCUT2D eigenvalue weighted by Gasteiger charge is 2.07. The van der Waals surface area contributed by atoms with Gasteiger partial charge in [0, 0.05) is 12.4 Å². The Labute approximate surface area is 129 Å². The molecule has 5 heteroatoms. The third-order valence-electron chi connectivity index (χ3n) is 2.77. The number of thiazole rings is 1. The van der Waals surface area contributed by atoms with Gasteiger partial charge in [0.15, 0.2) is 5.13 Å². The molecule has 0 radical (unpaired) electrons. The Morgan fingerprint density at radius 3 is 2.65 bits per heavy atom. The molecule has 1 N–H and O–H groups in total. The van der Waals surface area contributed by atoms with Crippen LogP contribution in [-0.4, -0.2) is 9.97 Å². The third kappa shape index (κ3) is 2.89. The highest BCUT2D eigenvalue weighted by molar-refractivity contribution is 9.10. The molecule has 3 rings (SSSR count).